The van der Waals surface area contributed by atoms with E-state index in [-0.39, 0.29) is 18.5 Å². The fraction of sp³-hybridized carbons (Fsp3) is 0.368. The Labute approximate surface area is 155 Å². The molecule has 3 rings (SSSR count). The van der Waals surface area contributed by atoms with E-state index in [0.717, 1.165) is 6.07 Å². The van der Waals surface area contributed by atoms with Gasteiger partial charge < -0.3 is 10.1 Å². The number of pyridine rings is 1. The molecule has 5 nitrogen and oxygen atoms in total. The first-order chi connectivity index (χ1) is 12.9. The minimum absolute atomic E-state index is 0.228. The molecule has 0 saturated carbocycles. The average molecular weight is 379 g/mol. The molecule has 1 aromatic heterocycles. The lowest BCUT2D eigenvalue weighted by Crippen LogP contribution is -2.43. The Morgan fingerprint density at radius 2 is 1.85 bits per heavy atom. The second-order valence-electron chi connectivity index (χ2n) is 6.21. The predicted molar refractivity (Wildman–Crippen MR) is 93.1 cm³/mol. The fourth-order valence-corrected chi connectivity index (χ4v) is 3.00. The summed E-state index contributed by atoms with van der Waals surface area (Å²) in [5.41, 5.74) is 0.224. The maximum absolute atomic E-state index is 12.8. The van der Waals surface area contributed by atoms with Crippen molar-refractivity contribution in [2.45, 2.75) is 12.2 Å². The number of aromatic nitrogens is 1. The molecule has 1 N–H and O–H groups in total. The number of hydrogen-bond acceptors (Lipinski definition) is 4. The van der Waals surface area contributed by atoms with E-state index < -0.39 is 11.9 Å². The maximum Gasteiger partial charge on any atom is 0.433 e. The van der Waals surface area contributed by atoms with Gasteiger partial charge in [-0.2, -0.15) is 13.2 Å². The molecular weight excluding hydrogens is 359 g/mol. The molecule has 2 aromatic rings. The van der Waals surface area contributed by atoms with E-state index in [1.807, 2.05) is 6.07 Å². The summed E-state index contributed by atoms with van der Waals surface area (Å²) in [7, 11) is 0. The molecule has 1 aliphatic rings. The van der Waals surface area contributed by atoms with Gasteiger partial charge in [0, 0.05) is 31.4 Å². The Bertz CT molecular complexity index is 745. The third kappa shape index (κ3) is 5.05. The van der Waals surface area contributed by atoms with Crippen LogP contribution in [0.3, 0.4) is 0 Å². The van der Waals surface area contributed by atoms with Crippen molar-refractivity contribution in [3.63, 3.8) is 0 Å². The average Bonchev–Trinajstić information content (AvgIpc) is 2.69. The van der Waals surface area contributed by atoms with E-state index in [1.165, 1.54) is 12.3 Å². The van der Waals surface area contributed by atoms with E-state index in [2.05, 4.69) is 15.2 Å². The fourth-order valence-electron chi connectivity index (χ4n) is 3.00. The SMILES string of the molecule is O=C(NCC(c1ccc(C(F)(F)F)nc1)N1CCOCC1)c1ccccc1. The van der Waals surface area contributed by atoms with E-state index in [0.29, 0.717) is 37.4 Å². The lowest BCUT2D eigenvalue weighted by Gasteiger charge is -2.34. The molecule has 0 aliphatic carbocycles. The summed E-state index contributed by atoms with van der Waals surface area (Å²) in [5.74, 6) is -0.228. The molecule has 8 heteroatoms. The summed E-state index contributed by atoms with van der Waals surface area (Å²) in [6, 6.07) is 10.9. The van der Waals surface area contributed by atoms with Crippen molar-refractivity contribution in [3.05, 3.63) is 65.5 Å². The lowest BCUT2D eigenvalue weighted by molar-refractivity contribution is -0.141. The topological polar surface area (TPSA) is 54.5 Å². The first-order valence-corrected chi connectivity index (χ1v) is 8.63. The highest BCUT2D eigenvalue weighted by Crippen LogP contribution is 2.29. The number of halogens is 3. The number of alkyl halides is 3. The van der Waals surface area contributed by atoms with Crippen LogP contribution >= 0.6 is 0 Å². The maximum atomic E-state index is 12.8. The molecule has 1 fully saturated rings. The molecule has 2 heterocycles. The number of carbonyl (C=O) groups excluding carboxylic acids is 1. The van der Waals surface area contributed by atoms with Crippen LogP contribution in [0.1, 0.15) is 27.7 Å². The number of hydrogen-bond donors (Lipinski definition) is 1. The number of morpholine rings is 1. The minimum Gasteiger partial charge on any atom is -0.379 e. The van der Waals surface area contributed by atoms with Gasteiger partial charge in [-0.3, -0.25) is 14.7 Å². The van der Waals surface area contributed by atoms with Crippen molar-refractivity contribution in [3.8, 4) is 0 Å². The van der Waals surface area contributed by atoms with Crippen LogP contribution in [0.15, 0.2) is 48.7 Å². The standard InChI is InChI=1S/C19H20F3N3O2/c20-19(21,22)17-7-6-15(12-23-17)16(25-8-10-27-11-9-25)13-24-18(26)14-4-2-1-3-5-14/h1-7,12,16H,8-11,13H2,(H,24,26). The second kappa shape index (κ2) is 8.49. The normalized spacial score (nSPS) is 16.7. The van der Waals surface area contributed by atoms with Gasteiger partial charge in [0.15, 0.2) is 0 Å². The van der Waals surface area contributed by atoms with Gasteiger partial charge in [-0.15, -0.1) is 0 Å². The van der Waals surface area contributed by atoms with Crippen molar-refractivity contribution in [2.24, 2.45) is 0 Å². The quantitative estimate of drug-likeness (QED) is 0.868. The van der Waals surface area contributed by atoms with Crippen LogP contribution in [0.2, 0.25) is 0 Å². The minimum atomic E-state index is -4.48. The summed E-state index contributed by atoms with van der Waals surface area (Å²) in [6.07, 6.45) is -3.24. The van der Waals surface area contributed by atoms with Crippen LogP contribution in [0, 0.1) is 0 Å². The molecule has 1 aliphatic heterocycles. The van der Waals surface area contributed by atoms with E-state index in [9.17, 15) is 18.0 Å². The molecule has 27 heavy (non-hydrogen) atoms. The van der Waals surface area contributed by atoms with Crippen LogP contribution in [-0.4, -0.2) is 48.6 Å². The Balaban J connectivity index is 1.75. The van der Waals surface area contributed by atoms with E-state index in [4.69, 9.17) is 4.74 Å². The number of nitrogens with zero attached hydrogens (tertiary/aromatic N) is 2. The van der Waals surface area contributed by atoms with Crippen LogP contribution in [0.4, 0.5) is 13.2 Å². The lowest BCUT2D eigenvalue weighted by atomic mass is 10.1. The highest BCUT2D eigenvalue weighted by molar-refractivity contribution is 5.94. The zero-order chi connectivity index (χ0) is 19.3. The summed E-state index contributed by atoms with van der Waals surface area (Å²) >= 11 is 0. The number of ether oxygens (including phenoxy) is 1. The summed E-state index contributed by atoms with van der Waals surface area (Å²) in [4.78, 5) is 18.0. The summed E-state index contributed by atoms with van der Waals surface area (Å²) < 4.78 is 43.7. The van der Waals surface area contributed by atoms with Gasteiger partial charge >= 0.3 is 6.18 Å². The van der Waals surface area contributed by atoms with Crippen LogP contribution in [0.25, 0.3) is 0 Å². The highest BCUT2D eigenvalue weighted by Gasteiger charge is 2.33. The number of benzene rings is 1. The molecule has 0 spiro atoms. The molecule has 1 amide bonds. The summed E-state index contributed by atoms with van der Waals surface area (Å²) in [5, 5.41) is 2.87. The smallest absolute Gasteiger partial charge is 0.379 e. The largest absolute Gasteiger partial charge is 0.433 e. The van der Waals surface area contributed by atoms with Gasteiger partial charge in [-0.05, 0) is 23.8 Å². The molecule has 1 unspecified atom stereocenters. The Hall–Kier alpha value is -2.45. The molecule has 0 radical (unpaired) electrons. The number of nitrogens with one attached hydrogen (secondary N) is 1. The molecule has 1 aromatic carbocycles. The van der Waals surface area contributed by atoms with E-state index in [1.54, 1.807) is 24.3 Å². The Kier molecular flexibility index (Phi) is 6.08. The van der Waals surface area contributed by atoms with Crippen molar-refractivity contribution in [2.75, 3.05) is 32.8 Å². The van der Waals surface area contributed by atoms with Gasteiger partial charge in [0.25, 0.3) is 5.91 Å². The van der Waals surface area contributed by atoms with Crippen LogP contribution in [0.5, 0.6) is 0 Å². The van der Waals surface area contributed by atoms with Gasteiger partial charge in [0.1, 0.15) is 5.69 Å². The van der Waals surface area contributed by atoms with Gasteiger partial charge in [-0.1, -0.05) is 24.3 Å². The van der Waals surface area contributed by atoms with Crippen molar-refractivity contribution < 1.29 is 22.7 Å². The zero-order valence-electron chi connectivity index (χ0n) is 14.6. The third-order valence-corrected chi connectivity index (χ3v) is 4.44. The molecule has 0 bridgehead atoms. The molecule has 1 saturated heterocycles. The van der Waals surface area contributed by atoms with Crippen molar-refractivity contribution in [1.82, 2.24) is 15.2 Å². The zero-order valence-corrected chi connectivity index (χ0v) is 14.6. The van der Waals surface area contributed by atoms with Crippen molar-refractivity contribution in [1.29, 1.82) is 0 Å². The molecule has 144 valence electrons. The van der Waals surface area contributed by atoms with Crippen LogP contribution < -0.4 is 5.32 Å². The first-order valence-electron chi connectivity index (χ1n) is 8.63. The molecule has 1 atom stereocenters. The van der Waals surface area contributed by atoms with Crippen LogP contribution in [-0.2, 0) is 10.9 Å². The molecular formula is C19H20F3N3O2. The van der Waals surface area contributed by atoms with E-state index >= 15 is 0 Å². The monoisotopic (exact) mass is 379 g/mol. The first kappa shape index (κ1) is 19.3. The number of carbonyl (C=O) groups is 1. The second-order valence-corrected chi connectivity index (χ2v) is 6.21. The number of rotatable bonds is 5. The van der Waals surface area contributed by atoms with Crippen molar-refractivity contribution >= 4 is 5.91 Å². The summed E-state index contributed by atoms with van der Waals surface area (Å²) in [6.45, 7) is 2.61. The number of amides is 1. The van der Waals surface area contributed by atoms with Gasteiger partial charge in [0.05, 0.1) is 19.3 Å². The third-order valence-electron chi connectivity index (χ3n) is 4.44. The predicted octanol–water partition coefficient (Wildman–Crippen LogP) is 2.90. The highest BCUT2D eigenvalue weighted by atomic mass is 19.4. The van der Waals surface area contributed by atoms with Gasteiger partial charge in [-0.25, -0.2) is 0 Å². The van der Waals surface area contributed by atoms with Gasteiger partial charge in [0.2, 0.25) is 0 Å². The Morgan fingerprint density at radius 3 is 2.44 bits per heavy atom. The Morgan fingerprint density at radius 1 is 1.15 bits per heavy atom.